The number of benzene rings is 5. The number of fused-ring (bicyclic) bond motifs is 9. The maximum Gasteiger partial charge on any atom is 0.0754 e. The molecular formula is C37H28N2. The van der Waals surface area contributed by atoms with E-state index in [0.717, 1.165) is 13.0 Å². The zero-order chi connectivity index (χ0) is 25.8. The fraction of sp³-hybridized carbons (Fsp3) is 0.0811. The Morgan fingerprint density at radius 2 is 1.23 bits per heavy atom. The summed E-state index contributed by atoms with van der Waals surface area (Å²) in [6, 6.07) is 44.8. The number of para-hydroxylation sites is 3. The fourth-order valence-corrected chi connectivity index (χ4v) is 6.94. The smallest absolute Gasteiger partial charge is 0.0754 e. The Bertz CT molecular complexity index is 1750. The van der Waals surface area contributed by atoms with Gasteiger partial charge in [-0.05, 0) is 81.8 Å². The minimum Gasteiger partial charge on any atom is -0.384 e. The summed E-state index contributed by atoms with van der Waals surface area (Å²) in [5, 5.41) is 3.63. The average molecular weight is 501 g/mol. The molecule has 0 radical (unpaired) electrons. The molecule has 0 fully saturated rings. The summed E-state index contributed by atoms with van der Waals surface area (Å²) in [6.45, 7) is 0.954. The molecule has 5 aromatic carbocycles. The molecule has 0 unspecified atom stereocenters. The maximum absolute atomic E-state index is 3.63. The van der Waals surface area contributed by atoms with E-state index in [1.54, 1.807) is 0 Å². The standard InChI is InChI=1S/C37H28N2/c1-3-13-27(14-4-1)39-35-20-10-8-17-32(35)37(33-18-9-11-21-36(33)39)30-16-7-6-15-28(30)29-25-26(22-23-31(29)37)34-19-5-2-12-24-38-34/h1-11,13-23,25,38H,12,24H2. The van der Waals surface area contributed by atoms with Gasteiger partial charge in [-0.25, -0.2) is 0 Å². The Morgan fingerprint density at radius 1 is 0.590 bits per heavy atom. The Hall–Kier alpha value is -4.82. The molecule has 2 heteroatoms. The second kappa shape index (κ2) is 8.61. The van der Waals surface area contributed by atoms with E-state index >= 15 is 0 Å². The van der Waals surface area contributed by atoms with E-state index in [-0.39, 0.29) is 0 Å². The van der Waals surface area contributed by atoms with Crippen LogP contribution in [0.1, 0.15) is 34.2 Å². The molecular weight excluding hydrogens is 472 g/mol. The van der Waals surface area contributed by atoms with Gasteiger partial charge in [0.1, 0.15) is 0 Å². The van der Waals surface area contributed by atoms with Crippen LogP contribution in [0.2, 0.25) is 0 Å². The van der Waals surface area contributed by atoms with Crippen LogP contribution in [-0.2, 0) is 5.41 Å². The molecule has 1 N–H and O–H groups in total. The maximum atomic E-state index is 3.63. The van der Waals surface area contributed by atoms with E-state index in [9.17, 15) is 0 Å². The molecule has 0 atom stereocenters. The zero-order valence-electron chi connectivity index (χ0n) is 21.6. The summed E-state index contributed by atoms with van der Waals surface area (Å²) in [4.78, 5) is 2.43. The fourth-order valence-electron chi connectivity index (χ4n) is 6.94. The average Bonchev–Trinajstić information content (AvgIpc) is 3.13. The van der Waals surface area contributed by atoms with E-state index in [0.29, 0.717) is 0 Å². The molecule has 0 saturated carbocycles. The van der Waals surface area contributed by atoms with Crippen molar-refractivity contribution in [2.75, 3.05) is 11.4 Å². The van der Waals surface area contributed by atoms with Crippen LogP contribution in [0.5, 0.6) is 0 Å². The van der Waals surface area contributed by atoms with Gasteiger partial charge in [0.15, 0.2) is 0 Å². The van der Waals surface area contributed by atoms with Crippen molar-refractivity contribution in [1.29, 1.82) is 0 Å². The Kier molecular flexibility index (Phi) is 4.90. The highest BCUT2D eigenvalue weighted by molar-refractivity contribution is 5.96. The molecule has 0 aromatic heterocycles. The summed E-state index contributed by atoms with van der Waals surface area (Å²) >= 11 is 0. The van der Waals surface area contributed by atoms with Gasteiger partial charge in [-0.2, -0.15) is 0 Å². The van der Waals surface area contributed by atoms with Gasteiger partial charge >= 0.3 is 0 Å². The molecule has 8 rings (SSSR count). The normalized spacial score (nSPS) is 15.9. The van der Waals surface area contributed by atoms with E-state index in [2.05, 4.69) is 150 Å². The molecule has 3 aliphatic rings. The summed E-state index contributed by atoms with van der Waals surface area (Å²) in [7, 11) is 0. The van der Waals surface area contributed by atoms with Crippen molar-refractivity contribution in [1.82, 2.24) is 5.32 Å². The molecule has 2 nitrogen and oxygen atoms in total. The van der Waals surface area contributed by atoms with Crippen molar-refractivity contribution >= 4 is 22.8 Å². The number of nitrogens with one attached hydrogen (secondary N) is 1. The largest absolute Gasteiger partial charge is 0.384 e. The third-order valence-corrected chi connectivity index (χ3v) is 8.49. The Balaban J connectivity index is 1.45. The van der Waals surface area contributed by atoms with E-state index in [4.69, 9.17) is 0 Å². The Morgan fingerprint density at radius 3 is 2.00 bits per heavy atom. The number of anilines is 3. The monoisotopic (exact) mass is 500 g/mol. The lowest BCUT2D eigenvalue weighted by molar-refractivity contribution is 0.752. The lowest BCUT2D eigenvalue weighted by Crippen LogP contribution is -2.36. The summed E-state index contributed by atoms with van der Waals surface area (Å²) < 4.78 is 0. The van der Waals surface area contributed by atoms with Crippen LogP contribution in [0, 0.1) is 0 Å². The number of allylic oxidation sites excluding steroid dienone is 2. The topological polar surface area (TPSA) is 15.3 Å². The highest BCUT2D eigenvalue weighted by Gasteiger charge is 2.51. The first-order valence-corrected chi connectivity index (χ1v) is 13.8. The van der Waals surface area contributed by atoms with Gasteiger partial charge in [0.25, 0.3) is 0 Å². The third-order valence-electron chi connectivity index (χ3n) is 8.49. The lowest BCUT2D eigenvalue weighted by Gasteiger charge is -2.45. The minimum atomic E-state index is -0.395. The molecule has 2 aliphatic heterocycles. The van der Waals surface area contributed by atoms with Gasteiger partial charge in [0, 0.05) is 17.9 Å². The molecule has 186 valence electrons. The van der Waals surface area contributed by atoms with E-state index in [1.165, 1.54) is 61.7 Å². The minimum absolute atomic E-state index is 0.395. The summed E-state index contributed by atoms with van der Waals surface area (Å²) in [6.07, 6.45) is 7.65. The quantitative estimate of drug-likeness (QED) is 0.255. The van der Waals surface area contributed by atoms with Crippen molar-refractivity contribution in [2.24, 2.45) is 0 Å². The first kappa shape index (κ1) is 22.2. The van der Waals surface area contributed by atoms with E-state index in [1.807, 2.05) is 0 Å². The van der Waals surface area contributed by atoms with Gasteiger partial charge < -0.3 is 10.2 Å². The van der Waals surface area contributed by atoms with Crippen molar-refractivity contribution in [2.45, 2.75) is 11.8 Å². The van der Waals surface area contributed by atoms with Crippen LogP contribution in [0.15, 0.2) is 140 Å². The molecule has 0 saturated heterocycles. The third kappa shape index (κ3) is 3.09. The zero-order valence-corrected chi connectivity index (χ0v) is 21.6. The number of hydrogen-bond acceptors (Lipinski definition) is 2. The first-order valence-electron chi connectivity index (χ1n) is 13.8. The molecule has 5 aromatic rings. The van der Waals surface area contributed by atoms with Crippen molar-refractivity contribution < 1.29 is 0 Å². The molecule has 1 spiro atoms. The second-order valence-corrected chi connectivity index (χ2v) is 10.5. The first-order chi connectivity index (χ1) is 19.4. The van der Waals surface area contributed by atoms with Crippen LogP contribution in [0.4, 0.5) is 17.1 Å². The van der Waals surface area contributed by atoms with Crippen LogP contribution < -0.4 is 10.2 Å². The molecule has 0 bridgehead atoms. The van der Waals surface area contributed by atoms with Crippen molar-refractivity contribution in [3.63, 3.8) is 0 Å². The number of nitrogens with zero attached hydrogens (tertiary/aromatic N) is 1. The predicted molar refractivity (Wildman–Crippen MR) is 162 cm³/mol. The van der Waals surface area contributed by atoms with Crippen LogP contribution in [-0.4, -0.2) is 6.54 Å². The van der Waals surface area contributed by atoms with Crippen LogP contribution in [0.3, 0.4) is 0 Å². The van der Waals surface area contributed by atoms with Gasteiger partial charge in [-0.3, -0.25) is 0 Å². The van der Waals surface area contributed by atoms with Gasteiger partial charge in [0.2, 0.25) is 0 Å². The number of hydrogen-bond donors (Lipinski definition) is 1. The molecule has 0 amide bonds. The summed E-state index contributed by atoms with van der Waals surface area (Å²) in [5.41, 5.74) is 13.6. The van der Waals surface area contributed by atoms with Gasteiger partial charge in [0.05, 0.1) is 16.8 Å². The second-order valence-electron chi connectivity index (χ2n) is 10.5. The lowest BCUT2D eigenvalue weighted by atomic mass is 9.64. The molecule has 39 heavy (non-hydrogen) atoms. The summed E-state index contributed by atoms with van der Waals surface area (Å²) in [5.74, 6) is 0. The highest BCUT2D eigenvalue weighted by atomic mass is 15.2. The highest BCUT2D eigenvalue weighted by Crippen LogP contribution is 2.63. The number of rotatable bonds is 2. The van der Waals surface area contributed by atoms with E-state index < -0.39 is 5.41 Å². The van der Waals surface area contributed by atoms with Crippen molar-refractivity contribution in [3.8, 4) is 11.1 Å². The van der Waals surface area contributed by atoms with Gasteiger partial charge in [-0.15, -0.1) is 0 Å². The van der Waals surface area contributed by atoms with Crippen LogP contribution >= 0.6 is 0 Å². The predicted octanol–water partition coefficient (Wildman–Crippen LogP) is 8.72. The van der Waals surface area contributed by atoms with Crippen LogP contribution in [0.25, 0.3) is 16.8 Å². The Labute approximate surface area is 229 Å². The molecule has 2 heterocycles. The molecule has 1 aliphatic carbocycles. The SMILES string of the molecule is C1=CCCNC(c2ccc3c(c2)-c2ccccc2C32c3ccccc3N(c3ccccc3)c3ccccc32)=C1. The van der Waals surface area contributed by atoms with Gasteiger partial charge in [-0.1, -0.05) is 103 Å². The van der Waals surface area contributed by atoms with Crippen molar-refractivity contribution in [3.05, 3.63) is 167 Å².